The van der Waals surface area contributed by atoms with Crippen molar-refractivity contribution in [2.75, 3.05) is 38.0 Å². The highest BCUT2D eigenvalue weighted by molar-refractivity contribution is 7.89. The van der Waals surface area contributed by atoms with E-state index in [0.717, 1.165) is 22.6 Å². The highest BCUT2D eigenvalue weighted by atomic mass is 32.2. The maximum atomic E-state index is 13.7. The fourth-order valence-electron chi connectivity index (χ4n) is 3.54. The number of halogens is 3. The van der Waals surface area contributed by atoms with Crippen molar-refractivity contribution >= 4 is 21.6 Å². The third-order valence-electron chi connectivity index (χ3n) is 5.51. The standard InChI is InChI=1S/C22H26F3N3O3S/c1-22(2,3)15-4-6-16(7-5-15)32(30,31)28-12-10-27(11-13-28)14-19(29)26-18-9-8-17(23)20(24)21(18)25/h4-9H,10-14H2,1-3H3,(H,26,29)/p+1. The van der Waals surface area contributed by atoms with Gasteiger partial charge < -0.3 is 10.2 Å². The molecule has 2 N–H and O–H groups in total. The smallest absolute Gasteiger partial charge is 0.279 e. The van der Waals surface area contributed by atoms with Crippen LogP contribution in [0.4, 0.5) is 18.9 Å². The highest BCUT2D eigenvalue weighted by Crippen LogP contribution is 2.24. The SMILES string of the molecule is CC(C)(C)c1ccc(S(=O)(=O)N2CC[NH+](CC(=O)Nc3ccc(F)c(F)c3F)CC2)cc1. The summed E-state index contributed by atoms with van der Waals surface area (Å²) in [5.41, 5.74) is 0.517. The molecule has 3 rings (SSSR count). The molecule has 10 heteroatoms. The quantitative estimate of drug-likeness (QED) is 0.657. The Labute approximate surface area is 186 Å². The highest BCUT2D eigenvalue weighted by Gasteiger charge is 2.31. The van der Waals surface area contributed by atoms with E-state index < -0.39 is 39.1 Å². The van der Waals surface area contributed by atoms with Crippen molar-refractivity contribution in [2.24, 2.45) is 0 Å². The first-order valence-electron chi connectivity index (χ1n) is 10.3. The van der Waals surface area contributed by atoms with Gasteiger partial charge in [-0.3, -0.25) is 4.79 Å². The molecule has 6 nitrogen and oxygen atoms in total. The van der Waals surface area contributed by atoms with Crippen LogP contribution < -0.4 is 10.2 Å². The lowest BCUT2D eigenvalue weighted by molar-refractivity contribution is -0.895. The molecule has 32 heavy (non-hydrogen) atoms. The summed E-state index contributed by atoms with van der Waals surface area (Å²) in [4.78, 5) is 13.2. The summed E-state index contributed by atoms with van der Waals surface area (Å²) < 4.78 is 67.3. The molecule has 0 bridgehead atoms. The average Bonchev–Trinajstić information content (AvgIpc) is 2.74. The Morgan fingerprint density at radius 1 is 1.00 bits per heavy atom. The Morgan fingerprint density at radius 2 is 1.59 bits per heavy atom. The lowest BCUT2D eigenvalue weighted by Crippen LogP contribution is -3.15. The summed E-state index contributed by atoms with van der Waals surface area (Å²) in [6, 6.07) is 8.54. The van der Waals surface area contributed by atoms with Gasteiger partial charge in [-0.2, -0.15) is 4.31 Å². The molecule has 1 amide bonds. The van der Waals surface area contributed by atoms with E-state index >= 15 is 0 Å². The third kappa shape index (κ3) is 5.31. The molecule has 0 aliphatic carbocycles. The summed E-state index contributed by atoms with van der Waals surface area (Å²) in [7, 11) is -3.65. The van der Waals surface area contributed by atoms with Crippen LogP contribution in [-0.4, -0.2) is 51.4 Å². The normalized spacial score (nSPS) is 16.2. The fraction of sp³-hybridized carbons (Fsp3) is 0.409. The number of nitrogens with zero attached hydrogens (tertiary/aromatic N) is 1. The number of nitrogens with one attached hydrogen (secondary N) is 2. The van der Waals surface area contributed by atoms with Gasteiger partial charge in [0.05, 0.1) is 36.8 Å². The zero-order chi connectivity index (χ0) is 23.7. The Kier molecular flexibility index (Phi) is 6.97. The molecular weight excluding hydrogens is 443 g/mol. The van der Waals surface area contributed by atoms with E-state index in [0.29, 0.717) is 13.1 Å². The number of hydrogen-bond acceptors (Lipinski definition) is 3. The van der Waals surface area contributed by atoms with E-state index in [1.54, 1.807) is 12.1 Å². The van der Waals surface area contributed by atoms with Gasteiger partial charge >= 0.3 is 0 Å². The number of sulfonamides is 1. The Hall–Kier alpha value is -2.43. The van der Waals surface area contributed by atoms with Gasteiger partial charge in [-0.15, -0.1) is 0 Å². The van der Waals surface area contributed by atoms with E-state index in [1.165, 1.54) is 4.31 Å². The van der Waals surface area contributed by atoms with E-state index in [1.807, 2.05) is 12.1 Å². The summed E-state index contributed by atoms with van der Waals surface area (Å²) in [5.74, 6) is -5.01. The first-order chi connectivity index (χ1) is 14.9. The largest absolute Gasteiger partial charge is 0.325 e. The molecule has 174 valence electrons. The molecule has 1 aliphatic rings. The van der Waals surface area contributed by atoms with Gasteiger partial charge in [0.1, 0.15) is 0 Å². The van der Waals surface area contributed by atoms with Crippen molar-refractivity contribution < 1.29 is 31.3 Å². The second-order valence-electron chi connectivity index (χ2n) is 8.88. The maximum absolute atomic E-state index is 13.7. The van der Waals surface area contributed by atoms with E-state index in [4.69, 9.17) is 0 Å². The summed E-state index contributed by atoms with van der Waals surface area (Å²) >= 11 is 0. The molecule has 2 aromatic rings. The van der Waals surface area contributed by atoms with Crippen LogP contribution in [0.3, 0.4) is 0 Å². The molecule has 2 aromatic carbocycles. The number of anilines is 1. The number of piperazine rings is 1. The van der Waals surface area contributed by atoms with Crippen LogP contribution in [0, 0.1) is 17.5 Å². The zero-order valence-corrected chi connectivity index (χ0v) is 19.0. The van der Waals surface area contributed by atoms with Crippen molar-refractivity contribution in [2.45, 2.75) is 31.1 Å². The van der Waals surface area contributed by atoms with Crippen molar-refractivity contribution in [3.8, 4) is 0 Å². The van der Waals surface area contributed by atoms with E-state index in [2.05, 4.69) is 26.1 Å². The maximum Gasteiger partial charge on any atom is 0.279 e. The minimum Gasteiger partial charge on any atom is -0.325 e. The number of carbonyl (C=O) groups is 1. The molecule has 0 atom stereocenters. The second kappa shape index (κ2) is 9.21. The van der Waals surface area contributed by atoms with Crippen molar-refractivity contribution in [3.63, 3.8) is 0 Å². The molecule has 1 aliphatic heterocycles. The molecule has 0 unspecified atom stereocenters. The van der Waals surface area contributed by atoms with Crippen LogP contribution in [0.25, 0.3) is 0 Å². The molecule has 0 saturated carbocycles. The Balaban J connectivity index is 1.57. The van der Waals surface area contributed by atoms with Crippen LogP contribution in [-0.2, 0) is 20.2 Å². The molecule has 0 radical (unpaired) electrons. The van der Waals surface area contributed by atoms with Gasteiger partial charge in [-0.25, -0.2) is 21.6 Å². The first kappa shape index (κ1) is 24.2. The minimum atomic E-state index is -3.65. The van der Waals surface area contributed by atoms with E-state index in [-0.39, 0.29) is 29.9 Å². The number of hydrogen-bond donors (Lipinski definition) is 2. The van der Waals surface area contributed by atoms with Crippen molar-refractivity contribution in [3.05, 3.63) is 59.4 Å². The number of rotatable bonds is 5. The zero-order valence-electron chi connectivity index (χ0n) is 18.2. The van der Waals surface area contributed by atoms with Gasteiger partial charge in [0.2, 0.25) is 10.0 Å². The van der Waals surface area contributed by atoms with Crippen molar-refractivity contribution in [1.82, 2.24) is 4.31 Å². The number of quaternary nitrogens is 1. The minimum absolute atomic E-state index is 0.0490. The van der Waals surface area contributed by atoms with Gasteiger partial charge in [-0.1, -0.05) is 32.9 Å². The number of carbonyl (C=O) groups excluding carboxylic acids is 1. The predicted octanol–water partition coefficient (Wildman–Crippen LogP) is 1.93. The molecule has 1 heterocycles. The van der Waals surface area contributed by atoms with Crippen LogP contribution in [0.15, 0.2) is 41.3 Å². The topological polar surface area (TPSA) is 70.9 Å². The van der Waals surface area contributed by atoms with E-state index in [9.17, 15) is 26.4 Å². The summed E-state index contributed by atoms with van der Waals surface area (Å²) in [5, 5.41) is 2.24. The Bertz CT molecular complexity index is 1090. The molecule has 1 saturated heterocycles. The monoisotopic (exact) mass is 470 g/mol. The van der Waals surface area contributed by atoms with Crippen LogP contribution in [0.2, 0.25) is 0 Å². The second-order valence-corrected chi connectivity index (χ2v) is 10.8. The summed E-state index contributed by atoms with van der Waals surface area (Å²) in [6.45, 7) is 7.32. The predicted molar refractivity (Wildman–Crippen MR) is 114 cm³/mol. The third-order valence-corrected chi connectivity index (χ3v) is 7.42. The molecular formula is C22H27F3N3O3S+. The molecule has 0 spiro atoms. The Morgan fingerprint density at radius 3 is 2.16 bits per heavy atom. The average molecular weight is 471 g/mol. The fourth-order valence-corrected chi connectivity index (χ4v) is 4.98. The molecule has 1 fully saturated rings. The van der Waals surface area contributed by atoms with Gasteiger partial charge in [0.15, 0.2) is 24.0 Å². The van der Waals surface area contributed by atoms with Crippen molar-refractivity contribution in [1.29, 1.82) is 0 Å². The molecule has 0 aromatic heterocycles. The van der Waals surface area contributed by atoms with Gasteiger partial charge in [0.25, 0.3) is 5.91 Å². The lowest BCUT2D eigenvalue weighted by Gasteiger charge is -2.31. The number of benzene rings is 2. The van der Waals surface area contributed by atoms with Crippen LogP contribution in [0.5, 0.6) is 0 Å². The number of amides is 1. The first-order valence-corrected chi connectivity index (χ1v) is 11.7. The van der Waals surface area contributed by atoms with Crippen LogP contribution >= 0.6 is 0 Å². The lowest BCUT2D eigenvalue weighted by atomic mass is 9.87. The van der Waals surface area contributed by atoms with Gasteiger partial charge in [0, 0.05) is 0 Å². The van der Waals surface area contributed by atoms with Crippen LogP contribution in [0.1, 0.15) is 26.3 Å². The van der Waals surface area contributed by atoms with Gasteiger partial charge in [-0.05, 0) is 35.2 Å². The summed E-state index contributed by atoms with van der Waals surface area (Å²) in [6.07, 6.45) is 0.